The predicted octanol–water partition coefficient (Wildman–Crippen LogP) is 2.95. The van der Waals surface area contributed by atoms with Crippen molar-refractivity contribution < 1.29 is 9.59 Å². The number of carbonyl (C=O) groups excluding carboxylic acids is 2. The topological polar surface area (TPSA) is 110 Å². The number of thiophene rings is 1. The van der Waals surface area contributed by atoms with Crippen molar-refractivity contribution in [2.24, 2.45) is 5.73 Å². The zero-order valence-electron chi connectivity index (χ0n) is 12.4. The zero-order chi connectivity index (χ0) is 16.9. The Morgan fingerprint density at radius 2 is 1.88 bits per heavy atom. The van der Waals surface area contributed by atoms with Crippen LogP contribution in [-0.2, 0) is 0 Å². The van der Waals surface area contributed by atoms with Gasteiger partial charge in [0.1, 0.15) is 5.00 Å². The van der Waals surface area contributed by atoms with Gasteiger partial charge in [-0.05, 0) is 11.6 Å². The van der Waals surface area contributed by atoms with E-state index in [1.54, 1.807) is 6.07 Å². The van der Waals surface area contributed by atoms with E-state index >= 15 is 0 Å². The highest BCUT2D eigenvalue weighted by Gasteiger charge is 2.17. The lowest BCUT2D eigenvalue weighted by atomic mass is 10.1. The first-order valence-electron chi connectivity index (χ1n) is 6.96. The van der Waals surface area contributed by atoms with E-state index < -0.39 is 11.9 Å². The standard InChI is InChI=1S/C16H13N5O2S/c17-14(22)11-8-12(10-4-2-1-3-5-10)24-15(11)21-16(23)20-13-9-18-6-7-19-13/h1-9H,(H2,17,22)(H2,19,20,21,23). The highest BCUT2D eigenvalue weighted by Crippen LogP contribution is 2.35. The Kier molecular flexibility index (Phi) is 4.48. The molecule has 120 valence electrons. The first-order chi connectivity index (χ1) is 11.6. The summed E-state index contributed by atoms with van der Waals surface area (Å²) in [5, 5.41) is 5.54. The van der Waals surface area contributed by atoms with E-state index in [0.717, 1.165) is 10.4 Å². The molecule has 0 bridgehead atoms. The summed E-state index contributed by atoms with van der Waals surface area (Å²) in [5.41, 5.74) is 6.60. The Labute approximate surface area is 141 Å². The molecule has 0 fully saturated rings. The minimum absolute atomic E-state index is 0.258. The van der Waals surface area contributed by atoms with Gasteiger partial charge in [0.05, 0.1) is 11.8 Å². The van der Waals surface area contributed by atoms with Crippen LogP contribution in [0.2, 0.25) is 0 Å². The molecule has 2 heterocycles. The predicted molar refractivity (Wildman–Crippen MR) is 92.9 cm³/mol. The molecule has 8 heteroatoms. The van der Waals surface area contributed by atoms with Crippen LogP contribution in [0.25, 0.3) is 10.4 Å². The SMILES string of the molecule is NC(=O)c1cc(-c2ccccc2)sc1NC(=O)Nc1cnccn1. The largest absolute Gasteiger partial charge is 0.366 e. The van der Waals surface area contributed by atoms with E-state index in [4.69, 9.17) is 5.73 Å². The number of urea groups is 1. The average molecular weight is 339 g/mol. The van der Waals surface area contributed by atoms with Gasteiger partial charge in [-0.3, -0.25) is 20.4 Å². The van der Waals surface area contributed by atoms with Crippen molar-refractivity contribution in [1.82, 2.24) is 9.97 Å². The molecule has 24 heavy (non-hydrogen) atoms. The Morgan fingerprint density at radius 3 is 2.54 bits per heavy atom. The molecule has 0 saturated heterocycles. The Bertz CT molecular complexity index is 865. The molecule has 3 aromatic rings. The number of primary amides is 1. The minimum atomic E-state index is -0.608. The molecule has 0 aliphatic rings. The van der Waals surface area contributed by atoms with Crippen molar-refractivity contribution >= 4 is 34.1 Å². The monoisotopic (exact) mass is 339 g/mol. The van der Waals surface area contributed by atoms with Gasteiger partial charge in [-0.15, -0.1) is 11.3 Å². The summed E-state index contributed by atoms with van der Waals surface area (Å²) in [6.07, 6.45) is 4.38. The summed E-state index contributed by atoms with van der Waals surface area (Å²) < 4.78 is 0. The average Bonchev–Trinajstić information content (AvgIpc) is 3.00. The van der Waals surface area contributed by atoms with Gasteiger partial charge in [0, 0.05) is 17.3 Å². The van der Waals surface area contributed by atoms with Crippen LogP contribution < -0.4 is 16.4 Å². The van der Waals surface area contributed by atoms with Gasteiger partial charge >= 0.3 is 6.03 Å². The lowest BCUT2D eigenvalue weighted by molar-refractivity contribution is 0.100. The van der Waals surface area contributed by atoms with Crippen molar-refractivity contribution in [1.29, 1.82) is 0 Å². The molecule has 0 aliphatic carbocycles. The minimum Gasteiger partial charge on any atom is -0.366 e. The van der Waals surface area contributed by atoms with Gasteiger partial charge in [0.2, 0.25) is 0 Å². The summed E-state index contributed by atoms with van der Waals surface area (Å²) in [4.78, 5) is 32.3. The fourth-order valence-corrected chi connectivity index (χ4v) is 3.09. The van der Waals surface area contributed by atoms with E-state index in [-0.39, 0.29) is 5.56 Å². The molecular weight excluding hydrogens is 326 g/mol. The smallest absolute Gasteiger partial charge is 0.325 e. The third kappa shape index (κ3) is 3.55. The van der Waals surface area contributed by atoms with E-state index in [2.05, 4.69) is 20.6 Å². The summed E-state index contributed by atoms with van der Waals surface area (Å²) >= 11 is 1.27. The molecule has 0 spiro atoms. The zero-order valence-corrected chi connectivity index (χ0v) is 13.2. The van der Waals surface area contributed by atoms with Crippen LogP contribution in [0.1, 0.15) is 10.4 Å². The van der Waals surface area contributed by atoms with Gasteiger partial charge in [0.15, 0.2) is 5.82 Å². The molecule has 2 aromatic heterocycles. The molecule has 1 aromatic carbocycles. The number of benzene rings is 1. The number of hydrogen-bond acceptors (Lipinski definition) is 5. The van der Waals surface area contributed by atoms with Crippen molar-refractivity contribution in [2.45, 2.75) is 0 Å². The summed E-state index contributed by atoms with van der Waals surface area (Å²) in [7, 11) is 0. The van der Waals surface area contributed by atoms with E-state index in [9.17, 15) is 9.59 Å². The second-order valence-electron chi connectivity index (χ2n) is 4.75. The highest BCUT2D eigenvalue weighted by atomic mass is 32.1. The number of rotatable bonds is 4. The molecule has 3 rings (SSSR count). The van der Waals surface area contributed by atoms with Crippen molar-refractivity contribution in [3.05, 3.63) is 60.6 Å². The van der Waals surface area contributed by atoms with Gasteiger partial charge in [-0.2, -0.15) is 0 Å². The summed E-state index contributed by atoms with van der Waals surface area (Å²) in [6.45, 7) is 0. The third-order valence-corrected chi connectivity index (χ3v) is 4.19. The van der Waals surface area contributed by atoms with E-state index in [1.165, 1.54) is 29.9 Å². The Morgan fingerprint density at radius 1 is 1.08 bits per heavy atom. The van der Waals surface area contributed by atoms with Crippen molar-refractivity contribution in [3.8, 4) is 10.4 Å². The lowest BCUT2D eigenvalue weighted by Crippen LogP contribution is -2.21. The number of aromatic nitrogens is 2. The third-order valence-electron chi connectivity index (χ3n) is 3.09. The van der Waals surface area contributed by atoms with Crippen LogP contribution in [0.15, 0.2) is 55.0 Å². The molecule has 4 N–H and O–H groups in total. The van der Waals surface area contributed by atoms with Crippen LogP contribution in [0, 0.1) is 0 Å². The first kappa shape index (κ1) is 15.6. The maximum absolute atomic E-state index is 12.1. The van der Waals surface area contributed by atoms with Gasteiger partial charge in [-0.1, -0.05) is 30.3 Å². The molecule has 7 nitrogen and oxygen atoms in total. The number of nitrogens with zero attached hydrogens (tertiary/aromatic N) is 2. The van der Waals surface area contributed by atoms with Crippen LogP contribution in [0.3, 0.4) is 0 Å². The summed E-state index contributed by atoms with van der Waals surface area (Å²) in [6, 6.07) is 10.7. The fourth-order valence-electron chi connectivity index (χ4n) is 2.03. The molecule has 0 unspecified atom stereocenters. The van der Waals surface area contributed by atoms with Crippen molar-refractivity contribution in [3.63, 3.8) is 0 Å². The second kappa shape index (κ2) is 6.88. The summed E-state index contributed by atoms with van der Waals surface area (Å²) in [5.74, 6) is -0.307. The van der Waals surface area contributed by atoms with E-state index in [0.29, 0.717) is 10.8 Å². The Balaban J connectivity index is 1.83. The van der Waals surface area contributed by atoms with Crippen LogP contribution in [-0.4, -0.2) is 21.9 Å². The van der Waals surface area contributed by atoms with Gasteiger partial charge in [0.25, 0.3) is 5.91 Å². The number of nitrogens with two attached hydrogens (primary N) is 1. The molecule has 0 radical (unpaired) electrons. The molecular formula is C16H13N5O2S. The number of anilines is 2. The second-order valence-corrected chi connectivity index (χ2v) is 5.81. The van der Waals surface area contributed by atoms with Crippen LogP contribution >= 0.6 is 11.3 Å². The van der Waals surface area contributed by atoms with Gasteiger partial charge in [-0.25, -0.2) is 9.78 Å². The highest BCUT2D eigenvalue weighted by molar-refractivity contribution is 7.20. The lowest BCUT2D eigenvalue weighted by Gasteiger charge is -2.05. The maximum Gasteiger partial charge on any atom is 0.325 e. The number of hydrogen-bond donors (Lipinski definition) is 3. The Hall–Kier alpha value is -3.26. The van der Waals surface area contributed by atoms with Gasteiger partial charge < -0.3 is 5.73 Å². The number of carbonyl (C=O) groups is 2. The first-order valence-corrected chi connectivity index (χ1v) is 7.78. The molecule has 0 atom stereocenters. The van der Waals surface area contributed by atoms with E-state index in [1.807, 2.05) is 30.3 Å². The molecule has 0 aliphatic heterocycles. The quantitative estimate of drug-likeness (QED) is 0.678. The number of nitrogens with one attached hydrogen (secondary N) is 2. The maximum atomic E-state index is 12.1. The number of amides is 3. The fraction of sp³-hybridized carbons (Fsp3) is 0. The normalized spacial score (nSPS) is 10.2. The van der Waals surface area contributed by atoms with Crippen LogP contribution in [0.5, 0.6) is 0 Å². The van der Waals surface area contributed by atoms with Crippen LogP contribution in [0.4, 0.5) is 15.6 Å². The molecule has 3 amide bonds. The molecule has 0 saturated carbocycles. The van der Waals surface area contributed by atoms with Crippen molar-refractivity contribution in [2.75, 3.05) is 10.6 Å².